The predicted octanol–water partition coefficient (Wildman–Crippen LogP) is 2.36. The summed E-state index contributed by atoms with van der Waals surface area (Å²) in [5, 5.41) is 7.29. The van der Waals surface area contributed by atoms with Gasteiger partial charge in [0.25, 0.3) is 5.95 Å². The average Bonchev–Trinajstić information content (AvgIpc) is 3.19. The summed E-state index contributed by atoms with van der Waals surface area (Å²) >= 11 is 0. The lowest BCUT2D eigenvalue weighted by Gasteiger charge is -2.30. The molecule has 1 aliphatic carbocycles. The van der Waals surface area contributed by atoms with Crippen LogP contribution < -0.4 is 10.2 Å². The van der Waals surface area contributed by atoms with E-state index in [1.807, 2.05) is 4.90 Å². The first-order valence-corrected chi connectivity index (χ1v) is 11.6. The second-order valence-corrected chi connectivity index (χ2v) is 10.0. The molecule has 1 N–H and O–H groups in total. The van der Waals surface area contributed by atoms with Gasteiger partial charge in [-0.3, -0.25) is 0 Å². The lowest BCUT2D eigenvalue weighted by molar-refractivity contribution is -0.0361. The van der Waals surface area contributed by atoms with Crippen LogP contribution in [0.4, 0.5) is 24.8 Å². The Bertz CT molecular complexity index is 989. The molecule has 4 rings (SSSR count). The van der Waals surface area contributed by atoms with Gasteiger partial charge < -0.3 is 10.2 Å². The molecule has 164 valence electrons. The van der Waals surface area contributed by atoms with E-state index in [1.165, 1.54) is 10.7 Å². The van der Waals surface area contributed by atoms with Gasteiger partial charge in [-0.15, -0.1) is 0 Å². The summed E-state index contributed by atoms with van der Waals surface area (Å²) in [6, 6.07) is 3.05. The molecule has 0 radical (unpaired) electrons. The zero-order valence-corrected chi connectivity index (χ0v) is 17.1. The molecule has 3 heterocycles. The van der Waals surface area contributed by atoms with Crippen molar-refractivity contribution in [2.24, 2.45) is 0 Å². The van der Waals surface area contributed by atoms with E-state index in [4.69, 9.17) is 0 Å². The number of sulfone groups is 1. The van der Waals surface area contributed by atoms with Gasteiger partial charge in [0.05, 0.1) is 17.2 Å². The molecular weight excluding hydrogens is 421 g/mol. The molecule has 1 aliphatic heterocycles. The highest BCUT2D eigenvalue weighted by molar-refractivity contribution is 7.91. The Morgan fingerprint density at radius 1 is 1.17 bits per heavy atom. The molecule has 2 aromatic heterocycles. The molecule has 8 nitrogen and oxygen atoms in total. The molecule has 1 saturated carbocycles. The maximum absolute atomic E-state index is 13.5. The third-order valence-electron chi connectivity index (χ3n) is 5.42. The van der Waals surface area contributed by atoms with E-state index in [0.29, 0.717) is 37.6 Å². The Morgan fingerprint density at radius 2 is 1.87 bits per heavy atom. The minimum atomic E-state index is -3.06. The van der Waals surface area contributed by atoms with E-state index in [0.717, 1.165) is 0 Å². The van der Waals surface area contributed by atoms with Crippen LogP contribution in [0.2, 0.25) is 0 Å². The van der Waals surface area contributed by atoms with E-state index >= 15 is 0 Å². The summed E-state index contributed by atoms with van der Waals surface area (Å²) in [7, 11) is -3.06. The van der Waals surface area contributed by atoms with Crippen LogP contribution in [0.25, 0.3) is 5.95 Å². The van der Waals surface area contributed by atoms with Gasteiger partial charge in [0.1, 0.15) is 18.3 Å². The molecule has 1 saturated heterocycles. The van der Waals surface area contributed by atoms with Gasteiger partial charge in [-0.25, -0.2) is 26.3 Å². The molecule has 2 aromatic rings. The van der Waals surface area contributed by atoms with Gasteiger partial charge in [-0.2, -0.15) is 15.1 Å². The van der Waals surface area contributed by atoms with E-state index in [1.54, 1.807) is 12.3 Å². The highest BCUT2D eigenvalue weighted by Gasteiger charge is 2.35. The number of hydrogen-bond donors (Lipinski definition) is 1. The van der Waals surface area contributed by atoms with Gasteiger partial charge in [0.15, 0.2) is 9.84 Å². The Balaban J connectivity index is 1.60. The number of nitrogens with one attached hydrogen (secondary N) is 1. The number of hydrogen-bond acceptors (Lipinski definition) is 7. The van der Waals surface area contributed by atoms with Crippen molar-refractivity contribution < 1.29 is 21.6 Å². The van der Waals surface area contributed by atoms with Crippen LogP contribution in [-0.4, -0.2) is 64.7 Å². The second kappa shape index (κ2) is 8.05. The molecule has 0 amide bonds. The summed E-state index contributed by atoms with van der Waals surface area (Å²) in [5.41, 5.74) is 0.233. The van der Waals surface area contributed by atoms with E-state index < -0.39 is 22.4 Å². The van der Waals surface area contributed by atoms with Crippen LogP contribution in [-0.2, 0) is 16.5 Å². The van der Waals surface area contributed by atoms with Crippen LogP contribution in [0, 0.1) is 0 Å². The highest BCUT2D eigenvalue weighted by Crippen LogP contribution is 2.34. The molecule has 0 atom stereocenters. The average molecular weight is 444 g/mol. The number of nitrogens with zero attached hydrogens (tertiary/aromatic N) is 5. The minimum Gasteiger partial charge on any atom is -0.367 e. The van der Waals surface area contributed by atoms with Crippen LogP contribution in [0.15, 0.2) is 18.3 Å². The monoisotopic (exact) mass is 444 g/mol. The maximum Gasteiger partial charge on any atom is 0.254 e. The normalized spacial score (nSPS) is 21.5. The van der Waals surface area contributed by atoms with Crippen LogP contribution in [0.5, 0.6) is 0 Å². The quantitative estimate of drug-likeness (QED) is 0.757. The standard InChI is InChI=1S/C18H23F3N6O2S/c19-12-14-3-6-27(25-14)17-23-15(22-13-1-4-18(20,21)5-2-13)11-16(24-17)26-7-9-30(28,29)10-8-26/h3,6,11,13H,1-2,4-5,7-10,12H2,(H,22,23,24). The smallest absolute Gasteiger partial charge is 0.254 e. The Hall–Kier alpha value is -2.37. The van der Waals surface area contributed by atoms with Crippen molar-refractivity contribution in [2.45, 2.75) is 44.3 Å². The van der Waals surface area contributed by atoms with Crippen molar-refractivity contribution >= 4 is 21.5 Å². The first-order chi connectivity index (χ1) is 14.2. The lowest BCUT2D eigenvalue weighted by atomic mass is 9.92. The van der Waals surface area contributed by atoms with Crippen LogP contribution >= 0.6 is 0 Å². The number of halogens is 3. The largest absolute Gasteiger partial charge is 0.367 e. The van der Waals surface area contributed by atoms with Crippen molar-refractivity contribution in [3.63, 3.8) is 0 Å². The molecular formula is C18H23F3N6O2S. The van der Waals surface area contributed by atoms with Crippen LogP contribution in [0.1, 0.15) is 31.4 Å². The minimum absolute atomic E-state index is 0.0283. The SMILES string of the molecule is O=S1(=O)CCN(c2cc(NC3CCC(F)(F)CC3)nc(-n3ccc(CF)n3)n2)CC1. The second-order valence-electron chi connectivity index (χ2n) is 7.71. The molecule has 2 fully saturated rings. The topological polar surface area (TPSA) is 93.0 Å². The highest BCUT2D eigenvalue weighted by atomic mass is 32.2. The van der Waals surface area contributed by atoms with Crippen molar-refractivity contribution in [1.29, 1.82) is 0 Å². The zero-order valence-electron chi connectivity index (χ0n) is 16.3. The summed E-state index contributed by atoms with van der Waals surface area (Å²) < 4.78 is 64.7. The third-order valence-corrected chi connectivity index (χ3v) is 7.03. The first kappa shape index (κ1) is 20.9. The van der Waals surface area contributed by atoms with Crippen molar-refractivity contribution in [3.05, 3.63) is 24.0 Å². The fourth-order valence-electron chi connectivity index (χ4n) is 3.64. The summed E-state index contributed by atoms with van der Waals surface area (Å²) in [6.07, 6.45) is 1.81. The van der Waals surface area contributed by atoms with Crippen molar-refractivity contribution in [1.82, 2.24) is 19.7 Å². The maximum atomic E-state index is 13.5. The summed E-state index contributed by atoms with van der Waals surface area (Å²) in [4.78, 5) is 10.7. The Morgan fingerprint density at radius 3 is 2.50 bits per heavy atom. The zero-order chi connectivity index (χ0) is 21.4. The summed E-state index contributed by atoms with van der Waals surface area (Å²) in [6.45, 7) is -0.135. The third kappa shape index (κ3) is 4.85. The molecule has 0 spiro atoms. The first-order valence-electron chi connectivity index (χ1n) is 9.83. The summed E-state index contributed by atoms with van der Waals surface area (Å²) in [5.74, 6) is -1.42. The number of alkyl halides is 3. The van der Waals surface area contributed by atoms with Crippen LogP contribution in [0.3, 0.4) is 0 Å². The Labute approximate surface area is 172 Å². The van der Waals surface area contributed by atoms with Gasteiger partial charge in [0.2, 0.25) is 5.92 Å². The molecule has 2 aliphatic rings. The van der Waals surface area contributed by atoms with Gasteiger partial charge in [0, 0.05) is 44.2 Å². The number of anilines is 2. The van der Waals surface area contributed by atoms with Crippen molar-refractivity contribution in [3.8, 4) is 5.95 Å². The molecule has 0 bridgehead atoms. The fourth-order valence-corrected chi connectivity index (χ4v) is 4.84. The van der Waals surface area contributed by atoms with E-state index in [-0.39, 0.29) is 42.0 Å². The fraction of sp³-hybridized carbons (Fsp3) is 0.611. The number of aromatic nitrogens is 4. The van der Waals surface area contributed by atoms with Crippen molar-refractivity contribution in [2.75, 3.05) is 34.8 Å². The lowest BCUT2D eigenvalue weighted by Crippen LogP contribution is -2.41. The molecule has 12 heteroatoms. The predicted molar refractivity (Wildman–Crippen MR) is 106 cm³/mol. The van der Waals surface area contributed by atoms with Gasteiger partial charge >= 0.3 is 0 Å². The van der Waals surface area contributed by atoms with E-state index in [2.05, 4.69) is 20.4 Å². The Kier molecular flexibility index (Phi) is 5.60. The molecule has 0 aromatic carbocycles. The van der Waals surface area contributed by atoms with Gasteiger partial charge in [-0.05, 0) is 18.9 Å². The van der Waals surface area contributed by atoms with E-state index in [9.17, 15) is 21.6 Å². The molecule has 0 unspecified atom stereocenters. The van der Waals surface area contributed by atoms with Gasteiger partial charge in [-0.1, -0.05) is 0 Å². The molecule has 30 heavy (non-hydrogen) atoms. The number of rotatable bonds is 5.